The highest BCUT2D eigenvalue weighted by atomic mass is 35.5. The average molecular weight is 314 g/mol. The minimum Gasteiger partial charge on any atom is -0.399 e. The Hall–Kier alpha value is -1.75. The third-order valence-corrected chi connectivity index (χ3v) is 2.64. The number of anilines is 1. The highest BCUT2D eigenvalue weighted by Crippen LogP contribution is 2.12. The number of nitrogen functional groups attached to an aromatic ring is 1. The second-order valence-electron chi connectivity index (χ2n) is 5.77. The van der Waals surface area contributed by atoms with E-state index in [9.17, 15) is 9.59 Å². The van der Waals surface area contributed by atoms with Crippen LogP contribution in [0.15, 0.2) is 24.3 Å². The van der Waals surface area contributed by atoms with Crippen molar-refractivity contribution in [2.75, 3.05) is 12.3 Å². The van der Waals surface area contributed by atoms with E-state index in [0.717, 1.165) is 5.56 Å². The molecule has 0 saturated carbocycles. The van der Waals surface area contributed by atoms with Gasteiger partial charge in [0.2, 0.25) is 11.8 Å². The van der Waals surface area contributed by atoms with Crippen molar-refractivity contribution in [3.05, 3.63) is 29.8 Å². The molecule has 0 unspecified atom stereocenters. The molecule has 1 rings (SSSR count). The first-order valence-electron chi connectivity index (χ1n) is 6.69. The van der Waals surface area contributed by atoms with E-state index in [2.05, 4.69) is 10.6 Å². The molecule has 0 aliphatic rings. The monoisotopic (exact) mass is 313 g/mol. The van der Waals surface area contributed by atoms with Gasteiger partial charge in [0.05, 0.1) is 6.54 Å². The highest BCUT2D eigenvalue weighted by Gasteiger charge is 2.14. The summed E-state index contributed by atoms with van der Waals surface area (Å²) >= 11 is 0. The van der Waals surface area contributed by atoms with Gasteiger partial charge in [-0.2, -0.15) is 0 Å². The number of halogens is 1. The molecule has 2 amide bonds. The molecule has 0 aliphatic heterocycles. The lowest BCUT2D eigenvalue weighted by Crippen LogP contribution is -2.45. The predicted molar refractivity (Wildman–Crippen MR) is 87.3 cm³/mol. The number of carbonyl (C=O) groups is 2. The first-order valence-corrected chi connectivity index (χ1v) is 6.69. The second-order valence-corrected chi connectivity index (χ2v) is 5.77. The first-order chi connectivity index (χ1) is 9.28. The van der Waals surface area contributed by atoms with Crippen molar-refractivity contribution in [3.63, 3.8) is 0 Å². The van der Waals surface area contributed by atoms with Crippen molar-refractivity contribution in [2.45, 2.75) is 39.2 Å². The normalized spacial score (nSPS) is 10.4. The first kappa shape index (κ1) is 19.2. The standard InChI is InChI=1S/C15H23N3O2.ClH/c1-15(2,3)18-14(20)10-17-13(19)9-8-11-6-4-5-7-12(11)16;/h4-7H,8-10,16H2,1-3H3,(H,17,19)(H,18,20);1H. The van der Waals surface area contributed by atoms with Crippen LogP contribution < -0.4 is 16.4 Å². The maximum atomic E-state index is 11.7. The van der Waals surface area contributed by atoms with Crippen LogP contribution in [-0.2, 0) is 16.0 Å². The molecule has 0 fully saturated rings. The predicted octanol–water partition coefficient (Wildman–Crippen LogP) is 1.65. The molecule has 0 heterocycles. The summed E-state index contributed by atoms with van der Waals surface area (Å²) in [7, 11) is 0. The van der Waals surface area contributed by atoms with Crippen molar-refractivity contribution in [1.82, 2.24) is 10.6 Å². The Morgan fingerprint density at radius 3 is 2.33 bits per heavy atom. The quantitative estimate of drug-likeness (QED) is 0.723. The summed E-state index contributed by atoms with van der Waals surface area (Å²) in [5, 5.41) is 5.39. The Kier molecular flexibility index (Phi) is 7.81. The van der Waals surface area contributed by atoms with Crippen molar-refractivity contribution >= 4 is 29.9 Å². The van der Waals surface area contributed by atoms with Crippen LogP contribution in [0.2, 0.25) is 0 Å². The number of hydrogen-bond donors (Lipinski definition) is 3. The van der Waals surface area contributed by atoms with Gasteiger partial charge in [-0.1, -0.05) is 18.2 Å². The lowest BCUT2D eigenvalue weighted by atomic mass is 10.1. The van der Waals surface area contributed by atoms with E-state index in [0.29, 0.717) is 18.5 Å². The minimum atomic E-state index is -0.291. The van der Waals surface area contributed by atoms with Crippen LogP contribution in [-0.4, -0.2) is 23.9 Å². The van der Waals surface area contributed by atoms with Crippen molar-refractivity contribution in [1.29, 1.82) is 0 Å². The van der Waals surface area contributed by atoms with Gasteiger partial charge in [-0.25, -0.2) is 0 Å². The van der Waals surface area contributed by atoms with Gasteiger partial charge in [0.15, 0.2) is 0 Å². The Labute approximate surface area is 132 Å². The van der Waals surface area contributed by atoms with Gasteiger partial charge >= 0.3 is 0 Å². The molecule has 0 spiro atoms. The van der Waals surface area contributed by atoms with Crippen LogP contribution in [0, 0.1) is 0 Å². The fraction of sp³-hybridized carbons (Fsp3) is 0.467. The van der Waals surface area contributed by atoms with Gasteiger partial charge < -0.3 is 16.4 Å². The van der Waals surface area contributed by atoms with Crippen molar-refractivity contribution < 1.29 is 9.59 Å². The summed E-state index contributed by atoms with van der Waals surface area (Å²) < 4.78 is 0. The van der Waals surface area contributed by atoms with Crippen LogP contribution in [0.4, 0.5) is 5.69 Å². The van der Waals surface area contributed by atoms with Gasteiger partial charge in [0.1, 0.15) is 0 Å². The summed E-state index contributed by atoms with van der Waals surface area (Å²) in [5.74, 6) is -0.345. The number of para-hydroxylation sites is 1. The Morgan fingerprint density at radius 2 is 1.76 bits per heavy atom. The SMILES string of the molecule is CC(C)(C)NC(=O)CNC(=O)CCc1ccccc1N.Cl. The third-order valence-electron chi connectivity index (χ3n) is 2.64. The number of aryl methyl sites for hydroxylation is 1. The van der Waals surface area contributed by atoms with Gasteiger partial charge in [0, 0.05) is 17.6 Å². The molecular formula is C15H24ClN3O2. The van der Waals surface area contributed by atoms with Gasteiger partial charge in [-0.15, -0.1) is 12.4 Å². The maximum absolute atomic E-state index is 11.7. The smallest absolute Gasteiger partial charge is 0.239 e. The average Bonchev–Trinajstić information content (AvgIpc) is 2.33. The van der Waals surface area contributed by atoms with Crippen LogP contribution in [0.3, 0.4) is 0 Å². The molecule has 0 saturated heterocycles. The molecule has 5 nitrogen and oxygen atoms in total. The fourth-order valence-electron chi connectivity index (χ4n) is 1.74. The zero-order valence-electron chi connectivity index (χ0n) is 12.7. The summed E-state index contributed by atoms with van der Waals surface area (Å²) in [6, 6.07) is 7.45. The zero-order valence-corrected chi connectivity index (χ0v) is 13.5. The molecule has 0 aliphatic carbocycles. The Balaban J connectivity index is 0.00000400. The number of nitrogens with two attached hydrogens (primary N) is 1. The van der Waals surface area contributed by atoms with E-state index in [1.807, 2.05) is 45.0 Å². The van der Waals surface area contributed by atoms with Crippen LogP contribution in [0.25, 0.3) is 0 Å². The number of carbonyl (C=O) groups excluding carboxylic acids is 2. The largest absolute Gasteiger partial charge is 0.399 e. The van der Waals surface area contributed by atoms with Crippen LogP contribution >= 0.6 is 12.4 Å². The number of hydrogen-bond acceptors (Lipinski definition) is 3. The van der Waals surface area contributed by atoms with E-state index in [4.69, 9.17) is 5.73 Å². The maximum Gasteiger partial charge on any atom is 0.239 e. The van der Waals surface area contributed by atoms with Crippen molar-refractivity contribution in [3.8, 4) is 0 Å². The minimum absolute atomic E-state index is 0. The molecule has 0 radical (unpaired) electrons. The van der Waals surface area contributed by atoms with Crippen molar-refractivity contribution in [2.24, 2.45) is 0 Å². The highest BCUT2D eigenvalue weighted by molar-refractivity contribution is 5.85. The summed E-state index contributed by atoms with van der Waals surface area (Å²) in [5.41, 5.74) is 7.14. The fourth-order valence-corrected chi connectivity index (χ4v) is 1.74. The third kappa shape index (κ3) is 8.19. The van der Waals surface area contributed by atoms with Crippen LogP contribution in [0.1, 0.15) is 32.8 Å². The molecular weight excluding hydrogens is 290 g/mol. The topological polar surface area (TPSA) is 84.2 Å². The molecule has 0 aromatic heterocycles. The Bertz CT molecular complexity index is 484. The summed E-state index contributed by atoms with van der Waals surface area (Å²) in [6.07, 6.45) is 0.885. The molecule has 6 heteroatoms. The summed E-state index contributed by atoms with van der Waals surface area (Å²) in [6.45, 7) is 5.68. The molecule has 4 N–H and O–H groups in total. The zero-order chi connectivity index (χ0) is 15.2. The Morgan fingerprint density at radius 1 is 1.14 bits per heavy atom. The molecule has 21 heavy (non-hydrogen) atoms. The lowest BCUT2D eigenvalue weighted by Gasteiger charge is -2.20. The molecule has 1 aromatic rings. The second kappa shape index (κ2) is 8.52. The summed E-state index contributed by atoms with van der Waals surface area (Å²) in [4.78, 5) is 23.2. The molecule has 1 aromatic carbocycles. The number of rotatable bonds is 5. The molecule has 0 atom stereocenters. The molecule has 118 valence electrons. The number of amides is 2. The van der Waals surface area contributed by atoms with Gasteiger partial charge in [-0.05, 0) is 38.8 Å². The van der Waals surface area contributed by atoms with E-state index in [1.54, 1.807) is 0 Å². The van der Waals surface area contributed by atoms with E-state index in [1.165, 1.54) is 0 Å². The van der Waals surface area contributed by atoms with Gasteiger partial charge in [-0.3, -0.25) is 9.59 Å². The van der Waals surface area contributed by atoms with E-state index < -0.39 is 0 Å². The number of benzene rings is 1. The number of nitrogens with one attached hydrogen (secondary N) is 2. The lowest BCUT2D eigenvalue weighted by molar-refractivity contribution is -0.126. The molecule has 0 bridgehead atoms. The van der Waals surface area contributed by atoms with E-state index >= 15 is 0 Å². The van der Waals surface area contributed by atoms with Gasteiger partial charge in [0.25, 0.3) is 0 Å². The van der Waals surface area contributed by atoms with Crippen LogP contribution in [0.5, 0.6) is 0 Å². The van der Waals surface area contributed by atoms with E-state index in [-0.39, 0.29) is 36.3 Å².